The summed E-state index contributed by atoms with van der Waals surface area (Å²) < 4.78 is 2.03. The van der Waals surface area contributed by atoms with Crippen LogP contribution in [0.25, 0.3) is 10.9 Å². The largest absolute Gasteiger partial charge is 0.340 e. The molecule has 0 bridgehead atoms. The summed E-state index contributed by atoms with van der Waals surface area (Å²) in [6.07, 6.45) is 0. The molecule has 1 amide bonds. The fourth-order valence-corrected chi connectivity index (χ4v) is 4.90. The van der Waals surface area contributed by atoms with Crippen molar-refractivity contribution in [2.24, 2.45) is 7.05 Å². The molecule has 0 atom stereocenters. The lowest BCUT2D eigenvalue weighted by Crippen LogP contribution is -2.50. The molecule has 1 aromatic heterocycles. The van der Waals surface area contributed by atoms with Crippen LogP contribution >= 0.6 is 0 Å². The molecule has 1 saturated heterocycles. The molecule has 0 aliphatic carbocycles. The molecule has 32 heavy (non-hydrogen) atoms. The van der Waals surface area contributed by atoms with Gasteiger partial charge in [-0.05, 0) is 36.2 Å². The predicted molar refractivity (Wildman–Crippen MR) is 130 cm³/mol. The Hall–Kier alpha value is -3.37. The molecule has 0 N–H and O–H groups in total. The summed E-state index contributed by atoms with van der Waals surface area (Å²) >= 11 is 0. The van der Waals surface area contributed by atoms with Crippen molar-refractivity contribution in [1.29, 1.82) is 0 Å². The van der Waals surface area contributed by atoms with Crippen molar-refractivity contribution in [2.75, 3.05) is 26.2 Å². The second-order valence-corrected chi connectivity index (χ2v) is 8.70. The van der Waals surface area contributed by atoms with E-state index < -0.39 is 0 Å². The van der Waals surface area contributed by atoms with E-state index in [9.17, 15) is 4.79 Å². The van der Waals surface area contributed by atoms with Crippen molar-refractivity contribution in [3.8, 4) is 0 Å². The topological polar surface area (TPSA) is 28.5 Å². The van der Waals surface area contributed by atoms with Crippen LogP contribution in [0, 0.1) is 6.92 Å². The number of fused-ring (bicyclic) bond motifs is 1. The van der Waals surface area contributed by atoms with Gasteiger partial charge < -0.3 is 9.47 Å². The SMILES string of the molecule is Cc1ccc2c(c1)cc(C(=O)N1CCN(C(c3ccccc3)c3ccccc3)CC1)n2C. The van der Waals surface area contributed by atoms with Crippen molar-refractivity contribution in [3.63, 3.8) is 0 Å². The Balaban J connectivity index is 1.36. The Morgan fingerprint density at radius 2 is 1.38 bits per heavy atom. The fraction of sp³-hybridized carbons (Fsp3) is 0.250. The number of aryl methyl sites for hydroxylation is 2. The monoisotopic (exact) mass is 423 g/mol. The summed E-state index contributed by atoms with van der Waals surface area (Å²) in [6, 6.07) is 29.9. The number of hydrogen-bond acceptors (Lipinski definition) is 2. The van der Waals surface area contributed by atoms with Gasteiger partial charge in [0.1, 0.15) is 5.69 Å². The lowest BCUT2D eigenvalue weighted by Gasteiger charge is -2.39. The molecule has 0 radical (unpaired) electrons. The number of benzene rings is 3. The van der Waals surface area contributed by atoms with Gasteiger partial charge >= 0.3 is 0 Å². The maximum absolute atomic E-state index is 13.4. The molecule has 0 spiro atoms. The first kappa shape index (κ1) is 20.5. The number of amides is 1. The highest BCUT2D eigenvalue weighted by molar-refractivity contribution is 5.99. The highest BCUT2D eigenvalue weighted by Gasteiger charge is 2.29. The van der Waals surface area contributed by atoms with E-state index in [1.54, 1.807) is 0 Å². The zero-order valence-electron chi connectivity index (χ0n) is 18.7. The van der Waals surface area contributed by atoms with E-state index in [0.717, 1.165) is 42.8 Å². The zero-order valence-corrected chi connectivity index (χ0v) is 18.7. The minimum atomic E-state index is 0.122. The molecule has 4 nitrogen and oxygen atoms in total. The van der Waals surface area contributed by atoms with Gasteiger partial charge in [0.25, 0.3) is 5.91 Å². The maximum atomic E-state index is 13.4. The number of rotatable bonds is 4. The van der Waals surface area contributed by atoms with E-state index in [0.29, 0.717) is 0 Å². The summed E-state index contributed by atoms with van der Waals surface area (Å²) in [5.74, 6) is 0.122. The van der Waals surface area contributed by atoms with E-state index >= 15 is 0 Å². The standard InChI is InChI=1S/C28H29N3O/c1-21-13-14-25-24(19-21)20-26(29(25)2)28(32)31-17-15-30(16-18-31)27(22-9-5-3-6-10-22)23-11-7-4-8-12-23/h3-14,19-20,27H,15-18H2,1-2H3. The van der Waals surface area contributed by atoms with Crippen LogP contribution in [-0.2, 0) is 7.05 Å². The summed E-state index contributed by atoms with van der Waals surface area (Å²) in [5, 5.41) is 1.13. The van der Waals surface area contributed by atoms with E-state index in [1.807, 2.05) is 22.6 Å². The normalized spacial score (nSPS) is 14.9. The van der Waals surface area contributed by atoms with Crippen LogP contribution in [0.15, 0.2) is 84.9 Å². The Kier molecular flexibility index (Phi) is 5.54. The molecule has 1 aliphatic heterocycles. The van der Waals surface area contributed by atoms with Crippen LogP contribution in [0.3, 0.4) is 0 Å². The summed E-state index contributed by atoms with van der Waals surface area (Å²) in [7, 11) is 1.99. The molecule has 4 heteroatoms. The molecule has 4 aromatic rings. The maximum Gasteiger partial charge on any atom is 0.270 e. The first-order chi connectivity index (χ1) is 15.6. The van der Waals surface area contributed by atoms with Crippen molar-refractivity contribution >= 4 is 16.8 Å². The highest BCUT2D eigenvalue weighted by atomic mass is 16.2. The van der Waals surface area contributed by atoms with E-state index in [2.05, 4.69) is 90.7 Å². The van der Waals surface area contributed by atoms with Gasteiger partial charge in [-0.15, -0.1) is 0 Å². The minimum absolute atomic E-state index is 0.122. The van der Waals surface area contributed by atoms with Crippen molar-refractivity contribution < 1.29 is 4.79 Å². The van der Waals surface area contributed by atoms with Gasteiger partial charge in [0.2, 0.25) is 0 Å². The minimum Gasteiger partial charge on any atom is -0.340 e. The molecule has 2 heterocycles. The van der Waals surface area contributed by atoms with E-state index in [1.165, 1.54) is 16.7 Å². The average Bonchev–Trinajstić information content (AvgIpc) is 3.16. The van der Waals surface area contributed by atoms with Gasteiger partial charge in [-0.25, -0.2) is 0 Å². The van der Waals surface area contributed by atoms with Gasteiger partial charge in [-0.2, -0.15) is 0 Å². The number of piperazine rings is 1. The second kappa shape index (κ2) is 8.64. The third-order valence-corrected chi connectivity index (χ3v) is 6.61. The Labute approximate surface area is 189 Å². The summed E-state index contributed by atoms with van der Waals surface area (Å²) in [4.78, 5) is 17.9. The Morgan fingerprint density at radius 1 is 0.781 bits per heavy atom. The number of hydrogen-bond donors (Lipinski definition) is 0. The van der Waals surface area contributed by atoms with Gasteiger partial charge in [-0.1, -0.05) is 72.3 Å². The smallest absolute Gasteiger partial charge is 0.270 e. The van der Waals surface area contributed by atoms with Crippen LogP contribution < -0.4 is 0 Å². The molecule has 3 aromatic carbocycles. The summed E-state index contributed by atoms with van der Waals surface area (Å²) in [5.41, 5.74) is 5.67. The van der Waals surface area contributed by atoms with Crippen LogP contribution in [0.5, 0.6) is 0 Å². The lowest BCUT2D eigenvalue weighted by atomic mass is 9.96. The Morgan fingerprint density at radius 3 is 1.97 bits per heavy atom. The van der Waals surface area contributed by atoms with Crippen LogP contribution in [0.2, 0.25) is 0 Å². The fourth-order valence-electron chi connectivity index (χ4n) is 4.90. The number of carbonyl (C=O) groups excluding carboxylic acids is 1. The lowest BCUT2D eigenvalue weighted by molar-refractivity contribution is 0.0589. The third-order valence-electron chi connectivity index (χ3n) is 6.61. The molecule has 0 unspecified atom stereocenters. The summed E-state index contributed by atoms with van der Waals surface area (Å²) in [6.45, 7) is 5.25. The molecular formula is C28H29N3O. The number of carbonyl (C=O) groups is 1. The second-order valence-electron chi connectivity index (χ2n) is 8.70. The third kappa shape index (κ3) is 3.82. The van der Waals surface area contributed by atoms with Crippen molar-refractivity contribution in [1.82, 2.24) is 14.4 Å². The van der Waals surface area contributed by atoms with Gasteiger partial charge in [0, 0.05) is 44.1 Å². The quantitative estimate of drug-likeness (QED) is 0.460. The van der Waals surface area contributed by atoms with Crippen molar-refractivity contribution in [2.45, 2.75) is 13.0 Å². The van der Waals surface area contributed by atoms with Crippen LogP contribution in [0.1, 0.15) is 33.2 Å². The van der Waals surface area contributed by atoms with Gasteiger partial charge in [0.15, 0.2) is 0 Å². The Bertz CT molecular complexity index is 1180. The first-order valence-corrected chi connectivity index (χ1v) is 11.3. The number of aromatic nitrogens is 1. The number of nitrogens with zero attached hydrogens (tertiary/aromatic N) is 3. The first-order valence-electron chi connectivity index (χ1n) is 11.3. The molecule has 1 aliphatic rings. The van der Waals surface area contributed by atoms with Crippen molar-refractivity contribution in [3.05, 3.63) is 107 Å². The molecular weight excluding hydrogens is 394 g/mol. The highest BCUT2D eigenvalue weighted by Crippen LogP contribution is 2.30. The molecule has 162 valence electrons. The predicted octanol–water partition coefficient (Wildman–Crippen LogP) is 5.03. The van der Waals surface area contributed by atoms with Crippen LogP contribution in [0.4, 0.5) is 0 Å². The molecule has 5 rings (SSSR count). The van der Waals surface area contributed by atoms with Crippen LogP contribution in [-0.4, -0.2) is 46.5 Å². The molecule has 1 fully saturated rings. The van der Waals surface area contributed by atoms with E-state index in [4.69, 9.17) is 0 Å². The van der Waals surface area contributed by atoms with Gasteiger partial charge in [-0.3, -0.25) is 9.69 Å². The zero-order chi connectivity index (χ0) is 22.1. The average molecular weight is 424 g/mol. The van der Waals surface area contributed by atoms with Gasteiger partial charge in [0.05, 0.1) is 6.04 Å². The van der Waals surface area contributed by atoms with E-state index in [-0.39, 0.29) is 11.9 Å². The molecule has 0 saturated carbocycles.